The van der Waals surface area contributed by atoms with Crippen LogP contribution >= 0.6 is 0 Å². The minimum atomic E-state index is -0.290. The van der Waals surface area contributed by atoms with E-state index in [2.05, 4.69) is 0 Å². The van der Waals surface area contributed by atoms with Crippen molar-refractivity contribution in [2.24, 2.45) is 5.73 Å². The average molecular weight is 347 g/mol. The van der Waals surface area contributed by atoms with Crippen molar-refractivity contribution >= 4 is 0 Å². The molecule has 136 valence electrons. The van der Waals surface area contributed by atoms with Gasteiger partial charge in [0, 0.05) is 11.5 Å². The summed E-state index contributed by atoms with van der Waals surface area (Å²) >= 11 is 0. The maximum atomic E-state index is 13.8. The average Bonchev–Trinajstić information content (AvgIpc) is 2.62. The molecule has 2 aromatic carbocycles. The van der Waals surface area contributed by atoms with Crippen LogP contribution in [-0.2, 0) is 6.42 Å². The molecule has 0 aliphatic rings. The molecule has 4 nitrogen and oxygen atoms in total. The number of hydrogen-bond donors (Lipinski definition) is 1. The van der Waals surface area contributed by atoms with Crippen molar-refractivity contribution in [2.75, 3.05) is 26.9 Å². The molecule has 0 heterocycles. The molecule has 2 rings (SSSR count). The Bertz CT molecular complexity index is 691. The van der Waals surface area contributed by atoms with Gasteiger partial charge >= 0.3 is 0 Å². The zero-order valence-corrected chi connectivity index (χ0v) is 15.0. The molecular weight excluding hydrogens is 321 g/mol. The van der Waals surface area contributed by atoms with Crippen LogP contribution in [-0.4, -0.2) is 26.9 Å². The lowest BCUT2D eigenvalue weighted by Crippen LogP contribution is -2.16. The van der Waals surface area contributed by atoms with E-state index in [9.17, 15) is 4.39 Å². The molecule has 0 aromatic heterocycles. The van der Waals surface area contributed by atoms with Gasteiger partial charge in [0.15, 0.2) is 11.5 Å². The maximum absolute atomic E-state index is 13.8. The van der Waals surface area contributed by atoms with Crippen molar-refractivity contribution in [1.29, 1.82) is 0 Å². The predicted octanol–water partition coefficient (Wildman–Crippen LogP) is 3.92. The van der Waals surface area contributed by atoms with Crippen LogP contribution in [0.5, 0.6) is 17.2 Å². The quantitative estimate of drug-likeness (QED) is 0.747. The Morgan fingerprint density at radius 2 is 1.64 bits per heavy atom. The monoisotopic (exact) mass is 347 g/mol. The van der Waals surface area contributed by atoms with E-state index in [1.165, 1.54) is 12.1 Å². The van der Waals surface area contributed by atoms with Gasteiger partial charge in [-0.15, -0.1) is 0 Å². The molecule has 0 amide bonds. The van der Waals surface area contributed by atoms with Crippen LogP contribution in [0.15, 0.2) is 36.4 Å². The fourth-order valence-corrected chi connectivity index (χ4v) is 2.85. The largest absolute Gasteiger partial charge is 0.494 e. The van der Waals surface area contributed by atoms with Crippen LogP contribution < -0.4 is 19.9 Å². The standard InChI is InChI=1S/C20H26FNO3/c1-4-24-18-9-7-16(21)12-17(18)15(13-22)10-14-6-8-19(23-3)20(11-14)25-5-2/h6-9,11-12,15H,4-5,10,13,22H2,1-3H3. The molecule has 25 heavy (non-hydrogen) atoms. The van der Waals surface area contributed by atoms with Crippen molar-refractivity contribution in [3.63, 3.8) is 0 Å². The Hall–Kier alpha value is -2.27. The highest BCUT2D eigenvalue weighted by Crippen LogP contribution is 2.33. The normalized spacial score (nSPS) is 11.9. The highest BCUT2D eigenvalue weighted by Gasteiger charge is 2.18. The van der Waals surface area contributed by atoms with Crippen molar-refractivity contribution in [3.05, 3.63) is 53.3 Å². The van der Waals surface area contributed by atoms with Gasteiger partial charge in [-0.2, -0.15) is 0 Å². The minimum Gasteiger partial charge on any atom is -0.494 e. The van der Waals surface area contributed by atoms with Crippen molar-refractivity contribution in [2.45, 2.75) is 26.2 Å². The third-order valence-electron chi connectivity index (χ3n) is 4.01. The number of ether oxygens (including phenoxy) is 3. The third-order valence-corrected chi connectivity index (χ3v) is 4.01. The second-order valence-electron chi connectivity index (χ2n) is 5.67. The molecular formula is C20H26FNO3. The number of halogens is 1. The zero-order chi connectivity index (χ0) is 18.2. The molecule has 5 heteroatoms. The first-order valence-corrected chi connectivity index (χ1v) is 8.54. The summed E-state index contributed by atoms with van der Waals surface area (Å²) in [5, 5.41) is 0. The fraction of sp³-hybridized carbons (Fsp3) is 0.400. The van der Waals surface area contributed by atoms with Gasteiger partial charge < -0.3 is 19.9 Å². The Labute approximate surface area is 148 Å². The molecule has 0 radical (unpaired) electrons. The second-order valence-corrected chi connectivity index (χ2v) is 5.67. The van der Waals surface area contributed by atoms with E-state index in [0.29, 0.717) is 43.4 Å². The lowest BCUT2D eigenvalue weighted by molar-refractivity contribution is 0.310. The van der Waals surface area contributed by atoms with Gasteiger partial charge in [0.1, 0.15) is 11.6 Å². The SMILES string of the molecule is CCOc1cc(CC(CN)c2cc(F)ccc2OCC)ccc1OC. The Morgan fingerprint density at radius 3 is 2.28 bits per heavy atom. The van der Waals surface area contributed by atoms with E-state index < -0.39 is 0 Å². The van der Waals surface area contributed by atoms with Gasteiger partial charge in [0.2, 0.25) is 0 Å². The summed E-state index contributed by atoms with van der Waals surface area (Å²) in [5.41, 5.74) is 7.82. The van der Waals surface area contributed by atoms with E-state index in [1.807, 2.05) is 32.0 Å². The topological polar surface area (TPSA) is 53.7 Å². The summed E-state index contributed by atoms with van der Waals surface area (Å²) in [5.74, 6) is 1.72. The predicted molar refractivity (Wildman–Crippen MR) is 97.2 cm³/mol. The molecule has 0 saturated carbocycles. The number of hydrogen-bond acceptors (Lipinski definition) is 4. The number of benzene rings is 2. The van der Waals surface area contributed by atoms with E-state index in [0.717, 1.165) is 11.1 Å². The molecule has 0 fully saturated rings. The molecule has 2 N–H and O–H groups in total. The Kier molecular flexibility index (Phi) is 7.07. The van der Waals surface area contributed by atoms with Gasteiger partial charge in [-0.05, 0) is 62.7 Å². The van der Waals surface area contributed by atoms with Crippen LogP contribution in [0.4, 0.5) is 4.39 Å². The van der Waals surface area contributed by atoms with Crippen LogP contribution in [0.1, 0.15) is 30.9 Å². The van der Waals surface area contributed by atoms with Crippen LogP contribution in [0.3, 0.4) is 0 Å². The van der Waals surface area contributed by atoms with Crippen LogP contribution in [0.25, 0.3) is 0 Å². The minimum absolute atomic E-state index is 0.0554. The van der Waals surface area contributed by atoms with E-state index in [1.54, 1.807) is 13.2 Å². The lowest BCUT2D eigenvalue weighted by atomic mass is 9.91. The maximum Gasteiger partial charge on any atom is 0.161 e. The summed E-state index contributed by atoms with van der Waals surface area (Å²) in [6.45, 7) is 5.29. The number of methoxy groups -OCH3 is 1. The summed E-state index contributed by atoms with van der Waals surface area (Å²) in [4.78, 5) is 0. The second kappa shape index (κ2) is 9.28. The molecule has 0 bridgehead atoms. The van der Waals surface area contributed by atoms with E-state index in [4.69, 9.17) is 19.9 Å². The Balaban J connectivity index is 2.31. The molecule has 2 aromatic rings. The molecule has 1 unspecified atom stereocenters. The molecule has 0 saturated heterocycles. The molecule has 0 aliphatic carbocycles. The lowest BCUT2D eigenvalue weighted by Gasteiger charge is -2.20. The van der Waals surface area contributed by atoms with Gasteiger partial charge in [-0.3, -0.25) is 0 Å². The highest BCUT2D eigenvalue weighted by atomic mass is 19.1. The number of rotatable bonds is 9. The van der Waals surface area contributed by atoms with Crippen LogP contribution in [0.2, 0.25) is 0 Å². The summed E-state index contributed by atoms with van der Waals surface area (Å²) in [7, 11) is 1.61. The third kappa shape index (κ3) is 4.86. The first kappa shape index (κ1) is 19.1. The van der Waals surface area contributed by atoms with Gasteiger partial charge in [-0.25, -0.2) is 4.39 Å². The summed E-state index contributed by atoms with van der Waals surface area (Å²) in [6, 6.07) is 10.4. The summed E-state index contributed by atoms with van der Waals surface area (Å²) in [6.07, 6.45) is 0.657. The van der Waals surface area contributed by atoms with Gasteiger partial charge in [-0.1, -0.05) is 6.07 Å². The van der Waals surface area contributed by atoms with Crippen molar-refractivity contribution in [1.82, 2.24) is 0 Å². The Morgan fingerprint density at radius 1 is 0.960 bits per heavy atom. The van der Waals surface area contributed by atoms with E-state index >= 15 is 0 Å². The number of nitrogens with two attached hydrogens (primary N) is 1. The first-order chi connectivity index (χ1) is 12.1. The zero-order valence-electron chi connectivity index (χ0n) is 15.0. The van der Waals surface area contributed by atoms with Crippen LogP contribution in [0, 0.1) is 5.82 Å². The fourth-order valence-electron chi connectivity index (χ4n) is 2.85. The molecule has 0 aliphatic heterocycles. The van der Waals surface area contributed by atoms with E-state index in [-0.39, 0.29) is 11.7 Å². The molecule has 1 atom stereocenters. The first-order valence-electron chi connectivity index (χ1n) is 8.54. The van der Waals surface area contributed by atoms with Crippen molar-refractivity contribution in [3.8, 4) is 17.2 Å². The smallest absolute Gasteiger partial charge is 0.161 e. The highest BCUT2D eigenvalue weighted by molar-refractivity contribution is 5.44. The van der Waals surface area contributed by atoms with Gasteiger partial charge in [0.25, 0.3) is 0 Å². The van der Waals surface area contributed by atoms with Gasteiger partial charge in [0.05, 0.1) is 20.3 Å². The molecule has 0 spiro atoms. The van der Waals surface area contributed by atoms with Crippen molar-refractivity contribution < 1.29 is 18.6 Å². The summed E-state index contributed by atoms with van der Waals surface area (Å²) < 4.78 is 30.3.